The Morgan fingerprint density at radius 3 is 2.67 bits per heavy atom. The monoisotopic (exact) mass is 218 g/mol. The second-order valence-corrected chi connectivity index (χ2v) is 5.71. The zero-order valence-electron chi connectivity index (χ0n) is 7.23. The summed E-state index contributed by atoms with van der Waals surface area (Å²) in [6.45, 7) is 8.91. The Labute approximate surface area is 87.4 Å². The lowest BCUT2D eigenvalue weighted by atomic mass is 10.7. The largest absolute Gasteiger partial charge is 0.138 e. The second-order valence-electron chi connectivity index (χ2n) is 1.92. The smallest absolute Gasteiger partial charge is 0.0800 e. The lowest BCUT2D eigenvalue weighted by Crippen LogP contribution is -1.84. The summed E-state index contributed by atoms with van der Waals surface area (Å²) >= 11 is 1.92. The maximum absolute atomic E-state index is 3.66. The molecule has 0 saturated heterocycles. The summed E-state index contributed by atoms with van der Waals surface area (Å²) in [5, 5.41) is 2.14. The van der Waals surface area contributed by atoms with Crippen molar-refractivity contribution < 1.29 is 0 Å². The minimum absolute atomic E-state index is 0.660. The SMILES string of the molecule is C=CC.C=CCSC1C=CSS1. The van der Waals surface area contributed by atoms with Crippen molar-refractivity contribution in [1.82, 2.24) is 0 Å². The highest BCUT2D eigenvalue weighted by Crippen LogP contribution is 2.41. The van der Waals surface area contributed by atoms with Gasteiger partial charge in [0.15, 0.2) is 0 Å². The fourth-order valence-electron chi connectivity index (χ4n) is 0.461. The Hall–Kier alpha value is 0.270. The van der Waals surface area contributed by atoms with Crippen molar-refractivity contribution in [2.75, 3.05) is 5.75 Å². The molecule has 0 spiro atoms. The minimum atomic E-state index is 0.660. The maximum Gasteiger partial charge on any atom is 0.0800 e. The Balaban J connectivity index is 0.000000354. The fourth-order valence-corrected chi connectivity index (χ4v) is 3.99. The first-order chi connectivity index (χ1) is 5.85. The third-order valence-corrected chi connectivity index (χ3v) is 4.81. The summed E-state index contributed by atoms with van der Waals surface area (Å²) in [5.41, 5.74) is 0. The van der Waals surface area contributed by atoms with Crippen molar-refractivity contribution >= 4 is 33.3 Å². The van der Waals surface area contributed by atoms with Crippen molar-refractivity contribution in [2.45, 2.75) is 11.5 Å². The first-order valence-corrected chi connectivity index (χ1v) is 6.96. The van der Waals surface area contributed by atoms with Gasteiger partial charge in [0.05, 0.1) is 4.58 Å². The van der Waals surface area contributed by atoms with E-state index in [0.717, 1.165) is 5.75 Å². The first kappa shape index (κ1) is 12.3. The zero-order valence-corrected chi connectivity index (χ0v) is 9.68. The van der Waals surface area contributed by atoms with Gasteiger partial charge in [-0.1, -0.05) is 39.8 Å². The Morgan fingerprint density at radius 1 is 1.58 bits per heavy atom. The van der Waals surface area contributed by atoms with Crippen LogP contribution < -0.4 is 0 Å². The van der Waals surface area contributed by atoms with Crippen LogP contribution in [0, 0.1) is 0 Å². The molecule has 0 saturated carbocycles. The van der Waals surface area contributed by atoms with Gasteiger partial charge >= 0.3 is 0 Å². The third-order valence-electron chi connectivity index (χ3n) is 0.820. The standard InChI is InChI=1S/C6H8S3.C3H6/c1-2-4-7-6-3-5-8-9-6;1-3-2/h2-3,5-6H,1,4H2;3H,1H2,2H3. The van der Waals surface area contributed by atoms with E-state index >= 15 is 0 Å². The van der Waals surface area contributed by atoms with Gasteiger partial charge in [-0.15, -0.1) is 24.9 Å². The third kappa shape index (κ3) is 6.95. The van der Waals surface area contributed by atoms with Crippen LogP contribution in [-0.4, -0.2) is 10.3 Å². The Bertz CT molecular complexity index is 152. The van der Waals surface area contributed by atoms with Gasteiger partial charge < -0.3 is 0 Å². The molecular weight excluding hydrogens is 204 g/mol. The van der Waals surface area contributed by atoms with Gasteiger partial charge in [-0.05, 0) is 12.3 Å². The molecule has 3 heteroatoms. The second kappa shape index (κ2) is 9.36. The van der Waals surface area contributed by atoms with Crippen LogP contribution >= 0.6 is 33.3 Å². The summed E-state index contributed by atoms with van der Waals surface area (Å²) in [6, 6.07) is 0. The topological polar surface area (TPSA) is 0 Å². The molecule has 12 heavy (non-hydrogen) atoms. The summed E-state index contributed by atoms with van der Waals surface area (Å²) in [5.74, 6) is 1.06. The van der Waals surface area contributed by atoms with Gasteiger partial charge in [-0.25, -0.2) is 0 Å². The molecule has 1 rings (SSSR count). The van der Waals surface area contributed by atoms with Crippen molar-refractivity contribution in [3.8, 4) is 0 Å². The predicted molar refractivity (Wildman–Crippen MR) is 66.6 cm³/mol. The zero-order chi connectivity index (χ0) is 9.23. The van der Waals surface area contributed by atoms with E-state index in [1.807, 2.05) is 46.3 Å². The molecular formula is C9H14S3. The first-order valence-electron chi connectivity index (χ1n) is 3.63. The van der Waals surface area contributed by atoms with E-state index in [0.29, 0.717) is 4.58 Å². The Morgan fingerprint density at radius 2 is 2.25 bits per heavy atom. The fraction of sp³-hybridized carbons (Fsp3) is 0.333. The van der Waals surface area contributed by atoms with Gasteiger partial charge in [-0.2, -0.15) is 0 Å². The summed E-state index contributed by atoms with van der Waals surface area (Å²) in [6.07, 6.45) is 5.92. The van der Waals surface area contributed by atoms with E-state index in [9.17, 15) is 0 Å². The number of hydrogen-bond donors (Lipinski definition) is 0. The molecule has 0 aromatic heterocycles. The van der Waals surface area contributed by atoms with Crippen molar-refractivity contribution in [1.29, 1.82) is 0 Å². The molecule has 1 heterocycles. The van der Waals surface area contributed by atoms with Crippen LogP contribution in [0.4, 0.5) is 0 Å². The maximum atomic E-state index is 3.66. The van der Waals surface area contributed by atoms with Crippen molar-refractivity contribution in [3.63, 3.8) is 0 Å². The van der Waals surface area contributed by atoms with Crippen LogP contribution in [0.1, 0.15) is 6.92 Å². The number of allylic oxidation sites excluding steroid dienone is 1. The summed E-state index contributed by atoms with van der Waals surface area (Å²) in [7, 11) is 3.72. The quantitative estimate of drug-likeness (QED) is 0.511. The van der Waals surface area contributed by atoms with Gasteiger partial charge in [0, 0.05) is 5.75 Å². The lowest BCUT2D eigenvalue weighted by Gasteiger charge is -2.00. The van der Waals surface area contributed by atoms with E-state index in [-0.39, 0.29) is 0 Å². The van der Waals surface area contributed by atoms with Crippen LogP contribution in [0.15, 0.2) is 36.8 Å². The highest BCUT2D eigenvalue weighted by Gasteiger charge is 2.08. The van der Waals surface area contributed by atoms with Crippen LogP contribution in [0.3, 0.4) is 0 Å². The molecule has 0 fully saturated rings. The molecule has 0 aromatic rings. The molecule has 68 valence electrons. The molecule has 1 aliphatic heterocycles. The molecule has 1 aliphatic rings. The molecule has 1 unspecified atom stereocenters. The molecule has 1 atom stereocenters. The van der Waals surface area contributed by atoms with E-state index in [1.165, 1.54) is 0 Å². The molecule has 0 radical (unpaired) electrons. The molecule has 0 aliphatic carbocycles. The molecule has 0 nitrogen and oxygen atoms in total. The van der Waals surface area contributed by atoms with Gasteiger partial charge in [0.2, 0.25) is 0 Å². The van der Waals surface area contributed by atoms with E-state index < -0.39 is 0 Å². The normalized spacial score (nSPS) is 19.6. The number of thioether (sulfide) groups is 1. The van der Waals surface area contributed by atoms with Crippen molar-refractivity contribution in [2.24, 2.45) is 0 Å². The molecule has 0 aromatic carbocycles. The number of rotatable bonds is 3. The predicted octanol–water partition coefficient (Wildman–Crippen LogP) is 4.33. The van der Waals surface area contributed by atoms with Gasteiger partial charge in [0.1, 0.15) is 0 Å². The highest BCUT2D eigenvalue weighted by molar-refractivity contribution is 8.80. The summed E-state index contributed by atoms with van der Waals surface area (Å²) in [4.78, 5) is 0. The van der Waals surface area contributed by atoms with Crippen LogP contribution in [0.5, 0.6) is 0 Å². The van der Waals surface area contributed by atoms with Gasteiger partial charge in [0.25, 0.3) is 0 Å². The average molecular weight is 218 g/mol. The van der Waals surface area contributed by atoms with E-state index in [4.69, 9.17) is 0 Å². The Kier molecular flexibility index (Phi) is 9.57. The van der Waals surface area contributed by atoms with Gasteiger partial charge in [-0.3, -0.25) is 0 Å². The highest BCUT2D eigenvalue weighted by atomic mass is 33.1. The van der Waals surface area contributed by atoms with Crippen molar-refractivity contribution in [3.05, 3.63) is 36.8 Å². The summed E-state index contributed by atoms with van der Waals surface area (Å²) < 4.78 is 0.660. The van der Waals surface area contributed by atoms with Crippen LogP contribution in [0.25, 0.3) is 0 Å². The van der Waals surface area contributed by atoms with Crippen LogP contribution in [0.2, 0.25) is 0 Å². The molecule has 0 N–H and O–H groups in total. The minimum Gasteiger partial charge on any atom is -0.138 e. The van der Waals surface area contributed by atoms with E-state index in [2.05, 4.69) is 24.6 Å². The number of hydrogen-bond acceptors (Lipinski definition) is 3. The molecule has 0 amide bonds. The average Bonchev–Trinajstić information content (AvgIpc) is 2.54. The lowest BCUT2D eigenvalue weighted by molar-refractivity contribution is 1.66. The van der Waals surface area contributed by atoms with E-state index in [1.54, 1.807) is 6.08 Å². The van der Waals surface area contributed by atoms with Crippen LogP contribution in [-0.2, 0) is 0 Å². The molecule has 0 bridgehead atoms.